The summed E-state index contributed by atoms with van der Waals surface area (Å²) in [4.78, 5) is 0. The van der Waals surface area contributed by atoms with E-state index in [4.69, 9.17) is 0 Å². The van der Waals surface area contributed by atoms with Crippen molar-refractivity contribution in [1.29, 1.82) is 0 Å². The molecule has 0 heteroatoms. The Morgan fingerprint density at radius 2 is 1.23 bits per heavy atom. The molecule has 5 aromatic carbocycles. The predicted molar refractivity (Wildman–Crippen MR) is 147 cm³/mol. The molecule has 2 aliphatic rings. The zero-order valence-corrected chi connectivity index (χ0v) is 19.6. The standard InChI is InChI=1S/C35H26/c1-3-14-26(15-4-1)35(28-18-8-9-19-28,27-16-5-2-6-17-27)34-31-22-12-11-21-30(31)33-29-20-10-7-13-25(29)23-24-32(33)34/h1-18,20-24,34H,19H2. The van der Waals surface area contributed by atoms with Gasteiger partial charge in [0.2, 0.25) is 0 Å². The highest BCUT2D eigenvalue weighted by molar-refractivity contribution is 6.02. The lowest BCUT2D eigenvalue weighted by atomic mass is 9.58. The second-order valence-electron chi connectivity index (χ2n) is 9.64. The zero-order valence-electron chi connectivity index (χ0n) is 19.6. The molecular weight excluding hydrogens is 420 g/mol. The summed E-state index contributed by atoms with van der Waals surface area (Å²) >= 11 is 0. The average Bonchev–Trinajstić information content (AvgIpc) is 3.59. The van der Waals surface area contributed by atoms with Crippen LogP contribution in [0.3, 0.4) is 0 Å². The van der Waals surface area contributed by atoms with E-state index >= 15 is 0 Å². The van der Waals surface area contributed by atoms with Crippen molar-refractivity contribution in [2.24, 2.45) is 0 Å². The van der Waals surface area contributed by atoms with Gasteiger partial charge in [0.25, 0.3) is 0 Å². The van der Waals surface area contributed by atoms with Crippen LogP contribution in [0.2, 0.25) is 0 Å². The van der Waals surface area contributed by atoms with E-state index in [1.165, 1.54) is 49.7 Å². The average molecular weight is 447 g/mol. The molecule has 1 unspecified atom stereocenters. The molecule has 166 valence electrons. The minimum Gasteiger partial charge on any atom is -0.0804 e. The van der Waals surface area contributed by atoms with E-state index < -0.39 is 0 Å². The van der Waals surface area contributed by atoms with Gasteiger partial charge in [-0.1, -0.05) is 145 Å². The molecule has 35 heavy (non-hydrogen) atoms. The fourth-order valence-corrected chi connectivity index (χ4v) is 6.64. The highest BCUT2D eigenvalue weighted by atomic mass is 14.5. The van der Waals surface area contributed by atoms with Gasteiger partial charge in [-0.3, -0.25) is 0 Å². The molecule has 0 spiro atoms. The first-order chi connectivity index (χ1) is 17.4. The Hall–Kier alpha value is -4.16. The van der Waals surface area contributed by atoms with Crippen molar-refractivity contribution < 1.29 is 0 Å². The molecule has 0 aromatic heterocycles. The lowest BCUT2D eigenvalue weighted by Crippen LogP contribution is -2.37. The van der Waals surface area contributed by atoms with Crippen LogP contribution in [0, 0.1) is 0 Å². The van der Waals surface area contributed by atoms with Gasteiger partial charge in [-0.15, -0.1) is 0 Å². The molecule has 5 aromatic rings. The number of benzene rings is 5. The second-order valence-corrected chi connectivity index (χ2v) is 9.64. The van der Waals surface area contributed by atoms with Crippen LogP contribution in [-0.2, 0) is 5.41 Å². The minimum absolute atomic E-state index is 0.175. The van der Waals surface area contributed by atoms with Gasteiger partial charge in [0.05, 0.1) is 5.41 Å². The first-order valence-electron chi connectivity index (χ1n) is 12.5. The monoisotopic (exact) mass is 446 g/mol. The maximum atomic E-state index is 2.39. The zero-order chi connectivity index (χ0) is 23.2. The van der Waals surface area contributed by atoms with E-state index in [-0.39, 0.29) is 11.3 Å². The highest BCUT2D eigenvalue weighted by Gasteiger charge is 2.50. The number of hydrogen-bond donors (Lipinski definition) is 0. The third-order valence-corrected chi connectivity index (χ3v) is 7.98. The fourth-order valence-electron chi connectivity index (χ4n) is 6.64. The van der Waals surface area contributed by atoms with Gasteiger partial charge in [0.1, 0.15) is 0 Å². The topological polar surface area (TPSA) is 0 Å². The van der Waals surface area contributed by atoms with Crippen LogP contribution in [-0.4, -0.2) is 0 Å². The molecule has 0 nitrogen and oxygen atoms in total. The van der Waals surface area contributed by atoms with Gasteiger partial charge >= 0.3 is 0 Å². The van der Waals surface area contributed by atoms with Crippen LogP contribution < -0.4 is 0 Å². The van der Waals surface area contributed by atoms with Gasteiger partial charge in [-0.05, 0) is 50.6 Å². The normalized spacial score (nSPS) is 16.2. The van der Waals surface area contributed by atoms with Gasteiger partial charge in [-0.25, -0.2) is 0 Å². The Bertz CT molecular complexity index is 1560. The van der Waals surface area contributed by atoms with Crippen molar-refractivity contribution in [2.75, 3.05) is 0 Å². The molecule has 0 radical (unpaired) electrons. The van der Waals surface area contributed by atoms with Crippen LogP contribution in [0.15, 0.2) is 145 Å². The third-order valence-electron chi connectivity index (χ3n) is 7.98. The summed E-state index contributed by atoms with van der Waals surface area (Å²) in [7, 11) is 0. The molecule has 0 aliphatic heterocycles. The summed E-state index contributed by atoms with van der Waals surface area (Å²) in [5.74, 6) is 0.175. The smallest absolute Gasteiger partial charge is 0.0526 e. The Morgan fingerprint density at radius 1 is 0.571 bits per heavy atom. The lowest BCUT2D eigenvalue weighted by Gasteiger charge is -2.43. The van der Waals surface area contributed by atoms with Crippen LogP contribution in [0.1, 0.15) is 34.6 Å². The molecule has 0 bridgehead atoms. The SMILES string of the molecule is C1=CCC(C(c2ccccc2)(c2ccccc2)C2c3ccccc3-c3c2ccc2ccccc32)=C1. The van der Waals surface area contributed by atoms with Crippen LogP contribution in [0.4, 0.5) is 0 Å². The Balaban J connectivity index is 1.64. The largest absolute Gasteiger partial charge is 0.0804 e. The van der Waals surface area contributed by atoms with Gasteiger partial charge in [0, 0.05) is 5.92 Å². The van der Waals surface area contributed by atoms with Crippen molar-refractivity contribution in [3.05, 3.63) is 167 Å². The van der Waals surface area contributed by atoms with Crippen LogP contribution in [0.25, 0.3) is 21.9 Å². The highest BCUT2D eigenvalue weighted by Crippen LogP contribution is 2.61. The van der Waals surface area contributed by atoms with E-state index in [1.807, 2.05) is 0 Å². The Morgan fingerprint density at radius 3 is 1.94 bits per heavy atom. The number of allylic oxidation sites excluding steroid dienone is 4. The van der Waals surface area contributed by atoms with Crippen molar-refractivity contribution >= 4 is 10.8 Å². The molecule has 7 rings (SSSR count). The molecule has 0 saturated heterocycles. The molecule has 0 saturated carbocycles. The quantitative estimate of drug-likeness (QED) is 0.259. The first kappa shape index (κ1) is 20.2. The lowest BCUT2D eigenvalue weighted by molar-refractivity contribution is 0.527. The second kappa shape index (κ2) is 7.96. The van der Waals surface area contributed by atoms with Crippen molar-refractivity contribution in [1.82, 2.24) is 0 Å². The van der Waals surface area contributed by atoms with Gasteiger partial charge in [-0.2, -0.15) is 0 Å². The number of fused-ring (bicyclic) bond motifs is 5. The molecule has 0 heterocycles. The Labute approximate surface area is 206 Å². The van der Waals surface area contributed by atoms with E-state index in [0.29, 0.717) is 0 Å². The number of rotatable bonds is 4. The summed E-state index contributed by atoms with van der Waals surface area (Å²) in [5.41, 5.74) is 9.44. The maximum Gasteiger partial charge on any atom is 0.0526 e. The molecule has 0 N–H and O–H groups in total. The minimum atomic E-state index is -0.310. The van der Waals surface area contributed by atoms with E-state index in [1.54, 1.807) is 0 Å². The van der Waals surface area contributed by atoms with Crippen molar-refractivity contribution in [2.45, 2.75) is 17.8 Å². The molecular formula is C35H26. The molecule has 0 amide bonds. The first-order valence-corrected chi connectivity index (χ1v) is 12.5. The van der Waals surface area contributed by atoms with Crippen molar-refractivity contribution in [3.8, 4) is 11.1 Å². The van der Waals surface area contributed by atoms with E-state index in [0.717, 1.165) is 6.42 Å². The Kier molecular flexibility index (Phi) is 4.60. The summed E-state index contributed by atoms with van der Waals surface area (Å²) in [6, 6.07) is 45.0. The summed E-state index contributed by atoms with van der Waals surface area (Å²) in [6.07, 6.45) is 7.86. The molecule has 0 fully saturated rings. The predicted octanol–water partition coefficient (Wildman–Crippen LogP) is 8.82. The van der Waals surface area contributed by atoms with Crippen LogP contribution in [0.5, 0.6) is 0 Å². The number of hydrogen-bond acceptors (Lipinski definition) is 0. The van der Waals surface area contributed by atoms with Gasteiger partial charge in [0.15, 0.2) is 0 Å². The summed E-state index contributed by atoms with van der Waals surface area (Å²) < 4.78 is 0. The fraction of sp³-hybridized carbons (Fsp3) is 0.0857. The third kappa shape index (κ3) is 2.87. The summed E-state index contributed by atoms with van der Waals surface area (Å²) in [5, 5.41) is 2.64. The van der Waals surface area contributed by atoms with Gasteiger partial charge < -0.3 is 0 Å². The van der Waals surface area contributed by atoms with Crippen LogP contribution >= 0.6 is 0 Å². The molecule has 2 aliphatic carbocycles. The maximum absolute atomic E-state index is 2.39. The molecule has 1 atom stereocenters. The van der Waals surface area contributed by atoms with E-state index in [2.05, 4.69) is 140 Å². The van der Waals surface area contributed by atoms with Crippen molar-refractivity contribution in [3.63, 3.8) is 0 Å². The van der Waals surface area contributed by atoms with E-state index in [9.17, 15) is 0 Å². The summed E-state index contributed by atoms with van der Waals surface area (Å²) in [6.45, 7) is 0.